The molecule has 4 heteroatoms. The van der Waals surface area contributed by atoms with Crippen molar-refractivity contribution in [3.8, 4) is 0 Å². The van der Waals surface area contributed by atoms with Gasteiger partial charge in [-0.15, -0.1) is 0 Å². The van der Waals surface area contributed by atoms with E-state index in [-0.39, 0.29) is 4.92 Å². The van der Waals surface area contributed by atoms with Crippen molar-refractivity contribution in [2.24, 2.45) is 0 Å². The molecule has 0 saturated heterocycles. The van der Waals surface area contributed by atoms with Crippen LogP contribution in [0.25, 0.3) is 5.57 Å². The number of fused-ring (bicyclic) bond motifs is 2. The SMILES string of the molecule is COC=C1CCc2c1cc1c(c2[N+](=O)[O-])CCC1. The first-order valence-electron chi connectivity index (χ1n) is 6.26. The lowest BCUT2D eigenvalue weighted by atomic mass is 9.98. The Bertz CT molecular complexity index is 561. The second-order valence-electron chi connectivity index (χ2n) is 4.88. The van der Waals surface area contributed by atoms with Crippen molar-refractivity contribution < 1.29 is 9.66 Å². The number of nitro benzene ring substituents is 1. The van der Waals surface area contributed by atoms with Crippen molar-refractivity contribution in [3.05, 3.63) is 44.7 Å². The van der Waals surface area contributed by atoms with Gasteiger partial charge in [-0.1, -0.05) is 6.07 Å². The molecule has 4 nitrogen and oxygen atoms in total. The zero-order valence-electron chi connectivity index (χ0n) is 10.4. The maximum atomic E-state index is 11.3. The van der Waals surface area contributed by atoms with Crippen molar-refractivity contribution >= 4 is 11.3 Å². The van der Waals surface area contributed by atoms with Crippen molar-refractivity contribution in [2.45, 2.75) is 32.1 Å². The highest BCUT2D eigenvalue weighted by Crippen LogP contribution is 2.43. The summed E-state index contributed by atoms with van der Waals surface area (Å²) in [6.07, 6.45) is 6.16. The normalized spacial score (nSPS) is 18.8. The van der Waals surface area contributed by atoms with Crippen LogP contribution in [0.3, 0.4) is 0 Å². The van der Waals surface area contributed by atoms with Crippen LogP contribution in [0.15, 0.2) is 12.3 Å². The summed E-state index contributed by atoms with van der Waals surface area (Å²) in [5.41, 5.74) is 5.53. The zero-order chi connectivity index (χ0) is 12.7. The molecule has 1 aromatic rings. The molecule has 0 aliphatic heterocycles. The average Bonchev–Trinajstić information content (AvgIpc) is 2.93. The Labute approximate surface area is 105 Å². The zero-order valence-corrected chi connectivity index (χ0v) is 10.4. The highest BCUT2D eigenvalue weighted by molar-refractivity contribution is 5.78. The number of nitrogens with zero attached hydrogens (tertiary/aromatic N) is 1. The van der Waals surface area contributed by atoms with Gasteiger partial charge in [0.2, 0.25) is 0 Å². The van der Waals surface area contributed by atoms with E-state index in [1.807, 2.05) is 0 Å². The average molecular weight is 245 g/mol. The van der Waals surface area contributed by atoms with Gasteiger partial charge in [0.15, 0.2) is 0 Å². The van der Waals surface area contributed by atoms with Crippen LogP contribution in [0, 0.1) is 10.1 Å². The van der Waals surface area contributed by atoms with Crippen LogP contribution in [0.5, 0.6) is 0 Å². The lowest BCUT2D eigenvalue weighted by Gasteiger charge is -2.08. The van der Waals surface area contributed by atoms with Crippen molar-refractivity contribution in [2.75, 3.05) is 7.11 Å². The van der Waals surface area contributed by atoms with Gasteiger partial charge in [0.1, 0.15) is 0 Å². The van der Waals surface area contributed by atoms with Gasteiger partial charge in [-0.3, -0.25) is 10.1 Å². The summed E-state index contributed by atoms with van der Waals surface area (Å²) >= 11 is 0. The third kappa shape index (κ3) is 1.52. The number of rotatable bonds is 2. The standard InChI is InChI=1S/C14H15NO3/c1-18-8-10-5-6-12-13(10)7-9-3-2-4-11(9)14(12)15(16)17/h7-8H,2-6H2,1H3. The predicted octanol–water partition coefficient (Wildman–Crippen LogP) is 3.02. The van der Waals surface area contributed by atoms with E-state index in [0.717, 1.165) is 59.9 Å². The topological polar surface area (TPSA) is 52.4 Å². The molecule has 0 heterocycles. The van der Waals surface area contributed by atoms with Crippen molar-refractivity contribution in [1.82, 2.24) is 0 Å². The Morgan fingerprint density at radius 3 is 2.83 bits per heavy atom. The maximum Gasteiger partial charge on any atom is 0.276 e. The third-order valence-electron chi connectivity index (χ3n) is 3.91. The van der Waals surface area contributed by atoms with Gasteiger partial charge < -0.3 is 4.74 Å². The Morgan fingerprint density at radius 1 is 1.28 bits per heavy atom. The molecule has 94 valence electrons. The number of ether oxygens (including phenoxy) is 1. The summed E-state index contributed by atoms with van der Waals surface area (Å²) < 4.78 is 5.07. The van der Waals surface area contributed by atoms with Gasteiger partial charge in [0, 0.05) is 11.1 Å². The molecule has 0 spiro atoms. The Kier molecular flexibility index (Phi) is 2.58. The second-order valence-corrected chi connectivity index (χ2v) is 4.88. The number of methoxy groups -OCH3 is 1. The summed E-state index contributed by atoms with van der Waals surface area (Å²) in [6, 6.07) is 2.14. The highest BCUT2D eigenvalue weighted by Gasteiger charge is 2.32. The fraction of sp³-hybridized carbons (Fsp3) is 0.429. The molecule has 3 rings (SSSR count). The van der Waals surface area contributed by atoms with Crippen LogP contribution in [-0.4, -0.2) is 12.0 Å². The summed E-state index contributed by atoms with van der Waals surface area (Å²) in [7, 11) is 1.62. The minimum absolute atomic E-state index is 0.196. The molecule has 2 aliphatic carbocycles. The molecule has 0 bridgehead atoms. The maximum absolute atomic E-state index is 11.3. The van der Waals surface area contributed by atoms with Gasteiger partial charge >= 0.3 is 0 Å². The lowest BCUT2D eigenvalue weighted by Crippen LogP contribution is -2.00. The molecular weight excluding hydrogens is 230 g/mol. The lowest BCUT2D eigenvalue weighted by molar-refractivity contribution is -0.386. The van der Waals surface area contributed by atoms with Gasteiger partial charge in [0.25, 0.3) is 5.69 Å². The number of aryl methyl sites for hydroxylation is 1. The largest absolute Gasteiger partial charge is 0.504 e. The second kappa shape index (κ2) is 4.12. The molecule has 1 aromatic carbocycles. The molecule has 0 N–H and O–H groups in total. The van der Waals surface area contributed by atoms with Gasteiger partial charge in [-0.05, 0) is 48.8 Å². The first kappa shape index (κ1) is 11.3. The monoisotopic (exact) mass is 245 g/mol. The molecule has 0 fully saturated rings. The van der Waals surface area contributed by atoms with Crippen molar-refractivity contribution in [1.29, 1.82) is 0 Å². The van der Waals surface area contributed by atoms with Gasteiger partial charge in [-0.25, -0.2) is 0 Å². The summed E-state index contributed by atoms with van der Waals surface area (Å²) in [6.45, 7) is 0. The van der Waals surface area contributed by atoms with E-state index in [9.17, 15) is 10.1 Å². The number of nitro groups is 1. The smallest absolute Gasteiger partial charge is 0.276 e. The molecule has 0 amide bonds. The molecule has 0 unspecified atom stereocenters. The van der Waals surface area contributed by atoms with E-state index in [1.54, 1.807) is 13.4 Å². The first-order valence-corrected chi connectivity index (χ1v) is 6.26. The quantitative estimate of drug-likeness (QED) is 0.457. The predicted molar refractivity (Wildman–Crippen MR) is 68.4 cm³/mol. The summed E-state index contributed by atoms with van der Waals surface area (Å²) in [5.74, 6) is 0. The Morgan fingerprint density at radius 2 is 2.11 bits per heavy atom. The van der Waals surface area contributed by atoms with E-state index < -0.39 is 0 Å². The van der Waals surface area contributed by atoms with Crippen LogP contribution in [-0.2, 0) is 24.0 Å². The summed E-state index contributed by atoms with van der Waals surface area (Å²) in [5, 5.41) is 11.3. The number of allylic oxidation sites excluding steroid dienone is 1. The number of hydrogen-bond donors (Lipinski definition) is 0. The Hall–Kier alpha value is -1.84. The van der Waals surface area contributed by atoms with Crippen molar-refractivity contribution in [3.63, 3.8) is 0 Å². The number of hydrogen-bond acceptors (Lipinski definition) is 3. The van der Waals surface area contributed by atoms with Crippen LogP contribution in [0.2, 0.25) is 0 Å². The molecule has 2 aliphatic rings. The molecule has 18 heavy (non-hydrogen) atoms. The molecular formula is C14H15NO3. The Balaban J connectivity index is 2.24. The minimum atomic E-state index is -0.196. The highest BCUT2D eigenvalue weighted by atomic mass is 16.6. The van der Waals surface area contributed by atoms with E-state index in [2.05, 4.69) is 6.07 Å². The van der Waals surface area contributed by atoms with E-state index >= 15 is 0 Å². The fourth-order valence-electron chi connectivity index (χ4n) is 3.19. The van der Waals surface area contributed by atoms with E-state index in [1.165, 1.54) is 0 Å². The molecule has 0 atom stereocenters. The minimum Gasteiger partial charge on any atom is -0.504 e. The fourth-order valence-corrected chi connectivity index (χ4v) is 3.19. The van der Waals surface area contributed by atoms with E-state index in [0.29, 0.717) is 5.69 Å². The van der Waals surface area contributed by atoms with Crippen LogP contribution >= 0.6 is 0 Å². The molecule has 0 aromatic heterocycles. The molecule has 0 saturated carbocycles. The van der Waals surface area contributed by atoms with Crippen LogP contribution < -0.4 is 0 Å². The number of benzene rings is 1. The third-order valence-corrected chi connectivity index (χ3v) is 3.91. The van der Waals surface area contributed by atoms with Crippen LogP contribution in [0.4, 0.5) is 5.69 Å². The van der Waals surface area contributed by atoms with Gasteiger partial charge in [0.05, 0.1) is 18.3 Å². The van der Waals surface area contributed by atoms with Crippen LogP contribution in [0.1, 0.15) is 35.1 Å². The summed E-state index contributed by atoms with van der Waals surface area (Å²) in [4.78, 5) is 11.1. The van der Waals surface area contributed by atoms with Gasteiger partial charge in [-0.2, -0.15) is 0 Å². The van der Waals surface area contributed by atoms with E-state index in [4.69, 9.17) is 4.74 Å². The molecule has 0 radical (unpaired) electrons. The first-order chi connectivity index (χ1) is 8.72.